The minimum absolute atomic E-state index is 0.243. The molecular formula is C13H26O3. The first-order chi connectivity index (χ1) is 7.21. The summed E-state index contributed by atoms with van der Waals surface area (Å²) in [6, 6.07) is 0. The van der Waals surface area contributed by atoms with Crippen LogP contribution in [0.15, 0.2) is 0 Å². The molecule has 0 radical (unpaired) electrons. The van der Waals surface area contributed by atoms with Gasteiger partial charge in [0.25, 0.3) is 0 Å². The molecule has 0 aliphatic rings. The van der Waals surface area contributed by atoms with Crippen LogP contribution in [0.5, 0.6) is 0 Å². The third kappa shape index (κ3) is 4.52. The standard InChI is InChI=1S/C13H26O3/c1-9(2)7-11(8-10(3)4)13(5,6)12(14)16-15/h9-11,15H,7-8H2,1-6H3. The lowest BCUT2D eigenvalue weighted by Crippen LogP contribution is -2.35. The molecule has 0 saturated carbocycles. The van der Waals surface area contributed by atoms with Crippen molar-refractivity contribution in [2.45, 2.75) is 54.4 Å². The molecule has 0 unspecified atom stereocenters. The molecule has 0 rings (SSSR count). The Bertz CT molecular complexity index is 209. The molecule has 0 aliphatic carbocycles. The Morgan fingerprint density at radius 1 is 1.12 bits per heavy atom. The zero-order valence-electron chi connectivity index (χ0n) is 11.4. The molecule has 0 aliphatic heterocycles. The van der Waals surface area contributed by atoms with E-state index in [0.717, 1.165) is 12.8 Å². The minimum atomic E-state index is -0.622. The van der Waals surface area contributed by atoms with Gasteiger partial charge in [0.15, 0.2) is 0 Å². The summed E-state index contributed by atoms with van der Waals surface area (Å²) in [5.74, 6) is 0.787. The van der Waals surface area contributed by atoms with E-state index in [1.165, 1.54) is 0 Å². The summed E-state index contributed by atoms with van der Waals surface area (Å²) in [4.78, 5) is 15.5. The van der Waals surface area contributed by atoms with Crippen LogP contribution in [0.25, 0.3) is 0 Å². The molecule has 0 atom stereocenters. The first-order valence-electron chi connectivity index (χ1n) is 6.07. The van der Waals surface area contributed by atoms with Gasteiger partial charge < -0.3 is 4.89 Å². The van der Waals surface area contributed by atoms with E-state index in [-0.39, 0.29) is 5.92 Å². The van der Waals surface area contributed by atoms with E-state index in [1.807, 2.05) is 13.8 Å². The van der Waals surface area contributed by atoms with Crippen molar-refractivity contribution in [2.24, 2.45) is 23.2 Å². The number of carbonyl (C=O) groups is 1. The zero-order valence-corrected chi connectivity index (χ0v) is 11.4. The van der Waals surface area contributed by atoms with Gasteiger partial charge >= 0.3 is 5.97 Å². The van der Waals surface area contributed by atoms with Gasteiger partial charge in [0, 0.05) is 0 Å². The van der Waals surface area contributed by atoms with E-state index in [1.54, 1.807) is 0 Å². The molecule has 1 N–H and O–H groups in total. The van der Waals surface area contributed by atoms with Crippen molar-refractivity contribution < 1.29 is 14.9 Å². The topological polar surface area (TPSA) is 46.5 Å². The molecule has 0 amide bonds. The maximum Gasteiger partial charge on any atom is 0.347 e. The number of carbonyl (C=O) groups excluding carboxylic acids is 1. The summed E-state index contributed by atoms with van der Waals surface area (Å²) in [5, 5.41) is 8.54. The van der Waals surface area contributed by atoms with Gasteiger partial charge in [-0.2, -0.15) is 5.26 Å². The Labute approximate surface area is 99.1 Å². The van der Waals surface area contributed by atoms with E-state index in [0.29, 0.717) is 11.8 Å². The Balaban J connectivity index is 4.78. The van der Waals surface area contributed by atoms with Crippen LogP contribution in [0.1, 0.15) is 54.4 Å². The molecule has 3 nitrogen and oxygen atoms in total. The summed E-state index contributed by atoms with van der Waals surface area (Å²) in [6.07, 6.45) is 1.94. The summed E-state index contributed by atoms with van der Waals surface area (Å²) in [6.45, 7) is 12.3. The molecule has 0 spiro atoms. The highest BCUT2D eigenvalue weighted by molar-refractivity contribution is 5.75. The van der Waals surface area contributed by atoms with Crippen LogP contribution in [-0.2, 0) is 9.68 Å². The minimum Gasteiger partial charge on any atom is -0.300 e. The van der Waals surface area contributed by atoms with Crippen molar-refractivity contribution in [1.29, 1.82) is 0 Å². The summed E-state index contributed by atoms with van der Waals surface area (Å²) in [7, 11) is 0. The van der Waals surface area contributed by atoms with Crippen molar-refractivity contribution in [3.8, 4) is 0 Å². The number of hydrogen-bond donors (Lipinski definition) is 1. The molecule has 16 heavy (non-hydrogen) atoms. The highest BCUT2D eigenvalue weighted by Crippen LogP contribution is 2.37. The quantitative estimate of drug-likeness (QED) is 0.558. The fraction of sp³-hybridized carbons (Fsp3) is 0.923. The van der Waals surface area contributed by atoms with Crippen molar-refractivity contribution in [3.05, 3.63) is 0 Å². The maximum absolute atomic E-state index is 11.6. The average Bonchev–Trinajstić information content (AvgIpc) is 2.13. The molecule has 96 valence electrons. The first kappa shape index (κ1) is 15.4. The third-order valence-corrected chi connectivity index (χ3v) is 3.14. The Kier molecular flexibility index (Phi) is 6.01. The van der Waals surface area contributed by atoms with E-state index >= 15 is 0 Å². The second-order valence-electron chi connectivity index (χ2n) is 6.06. The van der Waals surface area contributed by atoms with Crippen LogP contribution in [0.4, 0.5) is 0 Å². The molecule has 0 heterocycles. The lowest BCUT2D eigenvalue weighted by molar-refractivity contribution is -0.247. The molecule has 0 aromatic carbocycles. The fourth-order valence-electron chi connectivity index (χ4n) is 2.11. The SMILES string of the molecule is CC(C)CC(CC(C)C)C(C)(C)C(=O)OO. The van der Waals surface area contributed by atoms with Gasteiger partial charge in [-0.3, -0.25) is 0 Å². The van der Waals surface area contributed by atoms with Crippen molar-refractivity contribution in [3.63, 3.8) is 0 Å². The van der Waals surface area contributed by atoms with Gasteiger partial charge in [-0.05, 0) is 44.4 Å². The third-order valence-electron chi connectivity index (χ3n) is 3.14. The molecule has 0 aromatic heterocycles. The molecule has 0 fully saturated rings. The average molecular weight is 230 g/mol. The van der Waals surface area contributed by atoms with Gasteiger partial charge in [-0.25, -0.2) is 4.79 Å². The van der Waals surface area contributed by atoms with Crippen LogP contribution >= 0.6 is 0 Å². The highest BCUT2D eigenvalue weighted by atomic mass is 17.1. The van der Waals surface area contributed by atoms with Gasteiger partial charge in [0.05, 0.1) is 5.41 Å². The molecular weight excluding hydrogens is 204 g/mol. The summed E-state index contributed by atoms with van der Waals surface area (Å²) >= 11 is 0. The van der Waals surface area contributed by atoms with Gasteiger partial charge in [0.2, 0.25) is 0 Å². The Morgan fingerprint density at radius 3 is 1.75 bits per heavy atom. The van der Waals surface area contributed by atoms with E-state index in [4.69, 9.17) is 5.26 Å². The van der Waals surface area contributed by atoms with Crippen LogP contribution in [0.2, 0.25) is 0 Å². The normalized spacial score (nSPS) is 12.6. The van der Waals surface area contributed by atoms with Gasteiger partial charge in [0.1, 0.15) is 0 Å². The molecule has 0 aromatic rings. The molecule has 3 heteroatoms. The van der Waals surface area contributed by atoms with Gasteiger partial charge in [-0.15, -0.1) is 0 Å². The Morgan fingerprint density at radius 2 is 1.50 bits per heavy atom. The van der Waals surface area contributed by atoms with Crippen LogP contribution in [0, 0.1) is 23.2 Å². The van der Waals surface area contributed by atoms with E-state index < -0.39 is 11.4 Å². The first-order valence-corrected chi connectivity index (χ1v) is 6.07. The maximum atomic E-state index is 11.6. The van der Waals surface area contributed by atoms with E-state index in [9.17, 15) is 4.79 Å². The van der Waals surface area contributed by atoms with Crippen molar-refractivity contribution in [2.75, 3.05) is 0 Å². The number of hydrogen-bond acceptors (Lipinski definition) is 3. The molecule has 0 bridgehead atoms. The fourth-order valence-corrected chi connectivity index (χ4v) is 2.11. The van der Waals surface area contributed by atoms with Crippen molar-refractivity contribution >= 4 is 5.97 Å². The number of rotatable bonds is 6. The predicted molar refractivity (Wildman–Crippen MR) is 64.9 cm³/mol. The second kappa shape index (κ2) is 6.24. The summed E-state index contributed by atoms with van der Waals surface area (Å²) in [5.41, 5.74) is -0.622. The largest absolute Gasteiger partial charge is 0.347 e. The monoisotopic (exact) mass is 230 g/mol. The van der Waals surface area contributed by atoms with Crippen molar-refractivity contribution in [1.82, 2.24) is 0 Å². The lowest BCUT2D eigenvalue weighted by atomic mass is 9.71. The zero-order chi connectivity index (χ0) is 12.9. The van der Waals surface area contributed by atoms with Crippen LogP contribution in [-0.4, -0.2) is 11.2 Å². The van der Waals surface area contributed by atoms with E-state index in [2.05, 4.69) is 32.6 Å². The van der Waals surface area contributed by atoms with Crippen LogP contribution < -0.4 is 0 Å². The van der Waals surface area contributed by atoms with Gasteiger partial charge in [-0.1, -0.05) is 27.7 Å². The highest BCUT2D eigenvalue weighted by Gasteiger charge is 2.39. The smallest absolute Gasteiger partial charge is 0.300 e. The van der Waals surface area contributed by atoms with Crippen LogP contribution in [0.3, 0.4) is 0 Å². The second-order valence-corrected chi connectivity index (χ2v) is 6.06. The summed E-state index contributed by atoms with van der Waals surface area (Å²) < 4.78 is 0. The Hall–Kier alpha value is -0.570. The molecule has 0 saturated heterocycles. The predicted octanol–water partition coefficient (Wildman–Crippen LogP) is 3.74. The lowest BCUT2D eigenvalue weighted by Gasteiger charge is -2.33.